The molecular weight excluding hydrogens is 434 g/mol. The predicted octanol–water partition coefficient (Wildman–Crippen LogP) is 0.223. The van der Waals surface area contributed by atoms with Crippen molar-refractivity contribution in [2.24, 2.45) is 5.41 Å². The van der Waals surface area contributed by atoms with Crippen molar-refractivity contribution in [1.29, 1.82) is 0 Å². The minimum absolute atomic E-state index is 0.0296. The molecule has 1 aliphatic carbocycles. The number of aryl methyl sites for hydroxylation is 1. The second kappa shape index (κ2) is 8.75. The molecule has 1 aromatic carbocycles. The molecule has 1 atom stereocenters. The van der Waals surface area contributed by atoms with Crippen molar-refractivity contribution in [2.75, 3.05) is 12.9 Å². The Hall–Kier alpha value is -3.18. The van der Waals surface area contributed by atoms with Gasteiger partial charge >= 0.3 is 0 Å². The van der Waals surface area contributed by atoms with Crippen LogP contribution in [0.4, 0.5) is 0 Å². The standard InChI is InChI=1S/C22H23N3O6S/c1-21(20(28)24-29,32(2,30)31)11-12-25-15-23-18-13-16(6-7-17(18)19(25)27)5-3-4-8-22(14-26)9-10-22/h6-7,13,15,26,29H,9-12,14H2,1-2H3,(H,24,28)/t21-/m1/s1. The first-order valence-corrected chi connectivity index (χ1v) is 11.7. The molecule has 2 aromatic rings. The molecule has 1 aromatic heterocycles. The summed E-state index contributed by atoms with van der Waals surface area (Å²) in [5.74, 6) is 10.3. The van der Waals surface area contributed by atoms with E-state index in [-0.39, 0.29) is 25.0 Å². The van der Waals surface area contributed by atoms with E-state index in [1.807, 2.05) is 0 Å². The number of hydrogen-bond acceptors (Lipinski definition) is 7. The van der Waals surface area contributed by atoms with Crippen molar-refractivity contribution >= 4 is 26.6 Å². The van der Waals surface area contributed by atoms with Crippen molar-refractivity contribution in [3.63, 3.8) is 0 Å². The predicted molar refractivity (Wildman–Crippen MR) is 117 cm³/mol. The molecule has 1 fully saturated rings. The smallest absolute Gasteiger partial charge is 0.264 e. The number of hydrogen-bond donors (Lipinski definition) is 3. The van der Waals surface area contributed by atoms with E-state index in [1.54, 1.807) is 18.2 Å². The number of nitrogens with one attached hydrogen (secondary N) is 1. The molecule has 3 rings (SSSR count). The highest BCUT2D eigenvalue weighted by Crippen LogP contribution is 2.44. The fraction of sp³-hybridized carbons (Fsp3) is 0.409. The molecule has 3 N–H and O–H groups in total. The maximum atomic E-state index is 12.8. The van der Waals surface area contributed by atoms with Gasteiger partial charge in [0.15, 0.2) is 14.6 Å². The number of nitrogens with zero attached hydrogens (tertiary/aromatic N) is 2. The van der Waals surface area contributed by atoms with Crippen molar-refractivity contribution in [1.82, 2.24) is 15.0 Å². The fourth-order valence-corrected chi connectivity index (χ4v) is 3.90. The van der Waals surface area contributed by atoms with Gasteiger partial charge in [-0.1, -0.05) is 11.8 Å². The number of sulfone groups is 1. The van der Waals surface area contributed by atoms with Crippen LogP contribution in [0.1, 0.15) is 31.7 Å². The fourth-order valence-electron chi connectivity index (χ4n) is 3.06. The van der Waals surface area contributed by atoms with Crippen LogP contribution in [0.15, 0.2) is 29.3 Å². The lowest BCUT2D eigenvalue weighted by molar-refractivity contribution is -0.131. The van der Waals surface area contributed by atoms with Crippen LogP contribution >= 0.6 is 0 Å². The van der Waals surface area contributed by atoms with E-state index in [0.29, 0.717) is 16.5 Å². The van der Waals surface area contributed by atoms with Crippen molar-refractivity contribution in [2.45, 2.75) is 37.5 Å². The third kappa shape index (κ3) is 4.68. The average Bonchev–Trinajstić information content (AvgIpc) is 3.55. The van der Waals surface area contributed by atoms with Crippen LogP contribution in [0.3, 0.4) is 0 Å². The molecule has 0 saturated heterocycles. The summed E-state index contributed by atoms with van der Waals surface area (Å²) in [6, 6.07) is 4.88. The highest BCUT2D eigenvalue weighted by atomic mass is 32.2. The number of amides is 1. The van der Waals surface area contributed by atoms with E-state index in [1.165, 1.54) is 23.3 Å². The highest BCUT2D eigenvalue weighted by molar-refractivity contribution is 7.92. The van der Waals surface area contributed by atoms with Crippen LogP contribution in [0.2, 0.25) is 0 Å². The Morgan fingerprint density at radius 3 is 2.66 bits per heavy atom. The summed E-state index contributed by atoms with van der Waals surface area (Å²) in [6.07, 6.45) is 3.68. The molecule has 1 amide bonds. The molecule has 32 heavy (non-hydrogen) atoms. The van der Waals surface area contributed by atoms with E-state index in [0.717, 1.165) is 19.1 Å². The van der Waals surface area contributed by atoms with Crippen LogP contribution in [-0.4, -0.2) is 51.8 Å². The zero-order valence-corrected chi connectivity index (χ0v) is 18.5. The second-order valence-corrected chi connectivity index (χ2v) is 10.6. The van der Waals surface area contributed by atoms with Crippen LogP contribution in [0.25, 0.3) is 10.9 Å². The van der Waals surface area contributed by atoms with E-state index in [4.69, 9.17) is 5.21 Å². The molecule has 1 saturated carbocycles. The Bertz CT molecular complexity index is 1350. The molecule has 0 spiro atoms. The summed E-state index contributed by atoms with van der Waals surface area (Å²) in [5.41, 5.74) is 1.72. The lowest BCUT2D eigenvalue weighted by atomic mass is 10.1. The number of benzene rings is 1. The molecule has 10 heteroatoms. The SMILES string of the molecule is C[C@@](CCn1cnc2cc(C#CC#CC3(CO)CC3)ccc2c1=O)(C(=O)NO)S(C)(=O)=O. The summed E-state index contributed by atoms with van der Waals surface area (Å²) < 4.78 is 23.5. The molecule has 1 aliphatic rings. The van der Waals surface area contributed by atoms with E-state index in [9.17, 15) is 23.1 Å². The van der Waals surface area contributed by atoms with Crippen LogP contribution in [0, 0.1) is 29.1 Å². The molecule has 9 nitrogen and oxygen atoms in total. The van der Waals surface area contributed by atoms with Crippen LogP contribution in [-0.2, 0) is 21.2 Å². The Morgan fingerprint density at radius 2 is 2.06 bits per heavy atom. The largest absolute Gasteiger partial charge is 0.395 e. The first kappa shape index (κ1) is 23.5. The summed E-state index contributed by atoms with van der Waals surface area (Å²) >= 11 is 0. The maximum Gasteiger partial charge on any atom is 0.264 e. The monoisotopic (exact) mass is 457 g/mol. The van der Waals surface area contributed by atoms with Gasteiger partial charge in [-0.25, -0.2) is 18.9 Å². The topological polar surface area (TPSA) is 139 Å². The lowest BCUT2D eigenvalue weighted by Gasteiger charge is -2.25. The highest BCUT2D eigenvalue weighted by Gasteiger charge is 2.43. The number of rotatable bonds is 6. The average molecular weight is 458 g/mol. The third-order valence-corrected chi connectivity index (χ3v) is 7.83. The van der Waals surface area contributed by atoms with Gasteiger partial charge < -0.3 is 5.11 Å². The van der Waals surface area contributed by atoms with Crippen LogP contribution < -0.4 is 11.0 Å². The Balaban J connectivity index is 1.83. The molecular formula is C22H23N3O6S. The van der Waals surface area contributed by atoms with Gasteiger partial charge in [-0.2, -0.15) is 0 Å². The minimum atomic E-state index is -3.87. The lowest BCUT2D eigenvalue weighted by Crippen LogP contribution is -2.50. The van der Waals surface area contributed by atoms with E-state index >= 15 is 0 Å². The zero-order chi connectivity index (χ0) is 23.6. The number of fused-ring (bicyclic) bond motifs is 1. The quantitative estimate of drug-likeness (QED) is 0.320. The summed E-state index contributed by atoms with van der Waals surface area (Å²) in [7, 11) is -3.87. The van der Waals surface area contributed by atoms with Crippen molar-refractivity contribution < 1.29 is 23.5 Å². The number of carbonyl (C=O) groups is 1. The van der Waals surface area contributed by atoms with Crippen molar-refractivity contribution in [3.05, 3.63) is 40.4 Å². The molecule has 168 valence electrons. The molecule has 0 unspecified atom stereocenters. The number of aliphatic hydroxyl groups is 1. The Kier molecular flexibility index (Phi) is 6.42. The van der Waals surface area contributed by atoms with Gasteiger partial charge in [0.05, 0.1) is 29.3 Å². The summed E-state index contributed by atoms with van der Waals surface area (Å²) in [6.45, 7) is 1.12. The van der Waals surface area contributed by atoms with Gasteiger partial charge in [0.1, 0.15) is 0 Å². The number of aliphatic hydroxyl groups excluding tert-OH is 1. The number of hydroxylamine groups is 1. The van der Waals surface area contributed by atoms with Gasteiger partial charge in [0.2, 0.25) is 0 Å². The van der Waals surface area contributed by atoms with Gasteiger partial charge in [0, 0.05) is 18.4 Å². The maximum absolute atomic E-state index is 12.8. The van der Waals surface area contributed by atoms with Crippen molar-refractivity contribution in [3.8, 4) is 23.7 Å². The minimum Gasteiger partial charge on any atom is -0.395 e. The van der Waals surface area contributed by atoms with Gasteiger partial charge in [-0.05, 0) is 56.2 Å². The summed E-state index contributed by atoms with van der Waals surface area (Å²) in [5, 5.41) is 18.5. The first-order chi connectivity index (χ1) is 15.0. The van der Waals surface area contributed by atoms with Crippen LogP contribution in [0.5, 0.6) is 0 Å². The van der Waals surface area contributed by atoms with E-state index in [2.05, 4.69) is 28.7 Å². The summed E-state index contributed by atoms with van der Waals surface area (Å²) in [4.78, 5) is 29.0. The van der Waals surface area contributed by atoms with Gasteiger partial charge in [-0.3, -0.25) is 19.4 Å². The first-order valence-electron chi connectivity index (χ1n) is 9.83. The normalized spacial score (nSPS) is 16.1. The molecule has 0 bridgehead atoms. The van der Waals surface area contributed by atoms with Gasteiger partial charge in [-0.15, -0.1) is 0 Å². The Labute approximate surface area is 185 Å². The van der Waals surface area contributed by atoms with E-state index < -0.39 is 26.1 Å². The van der Waals surface area contributed by atoms with Gasteiger partial charge in [0.25, 0.3) is 11.5 Å². The number of aromatic nitrogens is 2. The third-order valence-electron chi connectivity index (χ3n) is 5.81. The Morgan fingerprint density at radius 1 is 1.34 bits per heavy atom. The molecule has 0 radical (unpaired) electrons. The molecule has 1 heterocycles. The number of carbonyl (C=O) groups excluding carboxylic acids is 1. The second-order valence-electron chi connectivity index (χ2n) is 8.11. The molecule has 0 aliphatic heterocycles. The zero-order valence-electron chi connectivity index (χ0n) is 17.7.